The van der Waals surface area contributed by atoms with E-state index < -0.39 is 0 Å². The first-order chi connectivity index (χ1) is 14.0. The van der Waals surface area contributed by atoms with Gasteiger partial charge in [0.1, 0.15) is 12.1 Å². The monoisotopic (exact) mass is 453 g/mol. The summed E-state index contributed by atoms with van der Waals surface area (Å²) in [4.78, 5) is 46.4. The lowest BCUT2D eigenvalue weighted by Gasteiger charge is -2.13. The van der Waals surface area contributed by atoms with Crippen molar-refractivity contribution in [2.24, 2.45) is 0 Å². The minimum Gasteiger partial charge on any atom is -0.352 e. The molecule has 0 bridgehead atoms. The SMILES string of the molecule is O=C(CCN1C(=O)c2ccc(Br)cc2C1=O)NCc1ccc(-n2ccnc2)nc1. The van der Waals surface area contributed by atoms with Crippen molar-refractivity contribution < 1.29 is 14.4 Å². The van der Waals surface area contributed by atoms with E-state index in [9.17, 15) is 14.4 Å². The number of pyridine rings is 1. The van der Waals surface area contributed by atoms with Gasteiger partial charge in [-0.3, -0.25) is 23.9 Å². The van der Waals surface area contributed by atoms with Gasteiger partial charge >= 0.3 is 0 Å². The highest BCUT2D eigenvalue weighted by Crippen LogP contribution is 2.26. The number of amides is 3. The number of carbonyl (C=O) groups is 3. The molecule has 2 aromatic heterocycles. The molecular weight excluding hydrogens is 438 g/mol. The second-order valence-corrected chi connectivity index (χ2v) is 7.39. The molecule has 0 fully saturated rings. The standard InChI is InChI=1S/C20H16BrN5O3/c21-14-2-3-15-16(9-14)20(29)26(19(15)28)7-5-18(27)24-11-13-1-4-17(23-10-13)25-8-6-22-12-25/h1-4,6,8-10,12H,5,7,11H2,(H,24,27). The zero-order valence-corrected chi connectivity index (χ0v) is 16.8. The Hall–Kier alpha value is -3.33. The second-order valence-electron chi connectivity index (χ2n) is 6.47. The first-order valence-corrected chi connectivity index (χ1v) is 9.68. The normalized spacial score (nSPS) is 12.9. The fourth-order valence-electron chi connectivity index (χ4n) is 3.04. The van der Waals surface area contributed by atoms with Crippen LogP contribution < -0.4 is 5.32 Å². The van der Waals surface area contributed by atoms with Crippen molar-refractivity contribution in [2.75, 3.05) is 6.54 Å². The number of nitrogens with one attached hydrogen (secondary N) is 1. The van der Waals surface area contributed by atoms with Crippen molar-refractivity contribution in [1.82, 2.24) is 24.8 Å². The number of fused-ring (bicyclic) bond motifs is 1. The Bertz CT molecular complexity index is 1080. The molecule has 3 heterocycles. The Morgan fingerprint density at radius 2 is 1.93 bits per heavy atom. The number of imidazole rings is 1. The fraction of sp³-hybridized carbons (Fsp3) is 0.150. The van der Waals surface area contributed by atoms with E-state index in [1.807, 2.05) is 12.1 Å². The van der Waals surface area contributed by atoms with Gasteiger partial charge in [0.2, 0.25) is 5.91 Å². The molecule has 0 spiro atoms. The zero-order chi connectivity index (χ0) is 20.4. The summed E-state index contributed by atoms with van der Waals surface area (Å²) >= 11 is 3.30. The van der Waals surface area contributed by atoms with Crippen LogP contribution >= 0.6 is 15.9 Å². The highest BCUT2D eigenvalue weighted by atomic mass is 79.9. The van der Waals surface area contributed by atoms with Gasteiger partial charge in [-0.2, -0.15) is 0 Å². The van der Waals surface area contributed by atoms with Crippen molar-refractivity contribution in [2.45, 2.75) is 13.0 Å². The van der Waals surface area contributed by atoms with Gasteiger partial charge in [-0.1, -0.05) is 22.0 Å². The average molecular weight is 454 g/mol. The fourth-order valence-corrected chi connectivity index (χ4v) is 3.40. The topological polar surface area (TPSA) is 97.2 Å². The summed E-state index contributed by atoms with van der Waals surface area (Å²) in [6.45, 7) is 0.346. The largest absolute Gasteiger partial charge is 0.352 e. The number of carbonyl (C=O) groups excluding carboxylic acids is 3. The quantitative estimate of drug-likeness (QED) is 0.577. The van der Waals surface area contributed by atoms with Crippen LogP contribution in [0.3, 0.4) is 0 Å². The molecule has 0 unspecified atom stereocenters. The Labute approximate surface area is 174 Å². The molecule has 3 amide bonds. The molecule has 1 N–H and O–H groups in total. The second kappa shape index (κ2) is 7.96. The first kappa shape index (κ1) is 19.0. The van der Waals surface area contributed by atoms with E-state index in [4.69, 9.17) is 0 Å². The lowest BCUT2D eigenvalue weighted by atomic mass is 10.1. The summed E-state index contributed by atoms with van der Waals surface area (Å²) in [7, 11) is 0. The summed E-state index contributed by atoms with van der Waals surface area (Å²) in [6.07, 6.45) is 6.83. The lowest BCUT2D eigenvalue weighted by Crippen LogP contribution is -2.34. The van der Waals surface area contributed by atoms with Gasteiger partial charge in [-0.05, 0) is 29.8 Å². The number of hydrogen-bond donors (Lipinski definition) is 1. The Kier molecular flexibility index (Phi) is 5.22. The highest BCUT2D eigenvalue weighted by Gasteiger charge is 2.35. The van der Waals surface area contributed by atoms with Crippen molar-refractivity contribution in [3.05, 3.63) is 76.4 Å². The molecule has 1 aliphatic heterocycles. The van der Waals surface area contributed by atoms with E-state index in [-0.39, 0.29) is 30.7 Å². The van der Waals surface area contributed by atoms with Gasteiger partial charge < -0.3 is 5.32 Å². The Balaban J connectivity index is 1.29. The third-order valence-electron chi connectivity index (χ3n) is 4.56. The molecule has 29 heavy (non-hydrogen) atoms. The van der Waals surface area contributed by atoms with Gasteiger partial charge in [0.25, 0.3) is 11.8 Å². The molecule has 4 rings (SSSR count). The van der Waals surface area contributed by atoms with Crippen LogP contribution in [0.2, 0.25) is 0 Å². The molecule has 1 aromatic carbocycles. The van der Waals surface area contributed by atoms with Gasteiger partial charge in [0.15, 0.2) is 0 Å². The number of aromatic nitrogens is 3. The third-order valence-corrected chi connectivity index (χ3v) is 5.06. The molecule has 8 nitrogen and oxygen atoms in total. The summed E-state index contributed by atoms with van der Waals surface area (Å²) < 4.78 is 2.51. The summed E-state index contributed by atoms with van der Waals surface area (Å²) in [5, 5.41) is 2.78. The molecular formula is C20H16BrN5O3. The van der Waals surface area contributed by atoms with Crippen LogP contribution in [0.15, 0.2) is 59.7 Å². The van der Waals surface area contributed by atoms with E-state index in [0.717, 1.165) is 20.8 Å². The Morgan fingerprint density at radius 1 is 1.10 bits per heavy atom. The van der Waals surface area contributed by atoms with Gasteiger partial charge in [0.05, 0.1) is 11.1 Å². The average Bonchev–Trinajstić information content (AvgIpc) is 3.34. The van der Waals surface area contributed by atoms with Crippen LogP contribution in [-0.4, -0.2) is 43.7 Å². The van der Waals surface area contributed by atoms with Crippen LogP contribution in [-0.2, 0) is 11.3 Å². The summed E-state index contributed by atoms with van der Waals surface area (Å²) in [5.74, 6) is -0.265. The van der Waals surface area contributed by atoms with E-state index >= 15 is 0 Å². The van der Waals surface area contributed by atoms with E-state index in [1.165, 1.54) is 0 Å². The van der Waals surface area contributed by atoms with Crippen LogP contribution in [0.5, 0.6) is 0 Å². The third kappa shape index (κ3) is 3.95. The molecule has 0 aliphatic carbocycles. The smallest absolute Gasteiger partial charge is 0.261 e. The molecule has 0 atom stereocenters. The van der Waals surface area contributed by atoms with Crippen LogP contribution in [0.1, 0.15) is 32.7 Å². The maximum Gasteiger partial charge on any atom is 0.261 e. The van der Waals surface area contributed by atoms with Crippen LogP contribution in [0.25, 0.3) is 5.82 Å². The lowest BCUT2D eigenvalue weighted by molar-refractivity contribution is -0.121. The number of halogens is 1. The molecule has 0 saturated carbocycles. The van der Waals surface area contributed by atoms with Crippen molar-refractivity contribution >= 4 is 33.7 Å². The minimum atomic E-state index is -0.376. The van der Waals surface area contributed by atoms with Crippen molar-refractivity contribution in [1.29, 1.82) is 0 Å². The summed E-state index contributed by atoms with van der Waals surface area (Å²) in [5.41, 5.74) is 1.56. The maximum atomic E-state index is 12.4. The molecule has 3 aromatic rings. The summed E-state index contributed by atoms with van der Waals surface area (Å²) in [6, 6.07) is 8.65. The molecule has 0 radical (unpaired) electrons. The number of nitrogens with zero attached hydrogens (tertiary/aromatic N) is 4. The van der Waals surface area contributed by atoms with Crippen LogP contribution in [0.4, 0.5) is 0 Å². The predicted molar refractivity (Wildman–Crippen MR) is 107 cm³/mol. The Morgan fingerprint density at radius 3 is 2.66 bits per heavy atom. The van der Waals surface area contributed by atoms with E-state index in [2.05, 4.69) is 31.2 Å². The molecule has 0 saturated heterocycles. The number of imide groups is 1. The van der Waals surface area contributed by atoms with Gasteiger partial charge in [-0.15, -0.1) is 0 Å². The molecule has 146 valence electrons. The number of hydrogen-bond acceptors (Lipinski definition) is 5. The van der Waals surface area contributed by atoms with Crippen molar-refractivity contribution in [3.63, 3.8) is 0 Å². The predicted octanol–water partition coefficient (Wildman–Crippen LogP) is 2.33. The highest BCUT2D eigenvalue weighted by molar-refractivity contribution is 9.10. The molecule has 9 heteroatoms. The van der Waals surface area contributed by atoms with E-state index in [1.54, 1.807) is 47.7 Å². The van der Waals surface area contributed by atoms with Crippen molar-refractivity contribution in [3.8, 4) is 5.82 Å². The zero-order valence-electron chi connectivity index (χ0n) is 15.2. The molecule has 1 aliphatic rings. The van der Waals surface area contributed by atoms with E-state index in [0.29, 0.717) is 17.7 Å². The minimum absolute atomic E-state index is 0.0349. The maximum absolute atomic E-state index is 12.4. The number of rotatable bonds is 6. The van der Waals surface area contributed by atoms with Crippen LogP contribution in [0, 0.1) is 0 Å². The first-order valence-electron chi connectivity index (χ1n) is 8.88. The van der Waals surface area contributed by atoms with Gasteiger partial charge in [0, 0.05) is 42.6 Å². The number of benzene rings is 1. The van der Waals surface area contributed by atoms with Gasteiger partial charge in [-0.25, -0.2) is 9.97 Å².